The number of hydrogen-bond acceptors (Lipinski definition) is 2. The summed E-state index contributed by atoms with van der Waals surface area (Å²) in [5.74, 6) is 1.95. The normalized spacial score (nSPS) is 19.1. The second kappa shape index (κ2) is 6.66. The van der Waals surface area contributed by atoms with Gasteiger partial charge in [0.05, 0.1) is 11.0 Å². The van der Waals surface area contributed by atoms with E-state index in [1.807, 2.05) is 0 Å². The Morgan fingerprint density at radius 1 is 1.09 bits per heavy atom. The van der Waals surface area contributed by atoms with Crippen LogP contribution in [0.15, 0.2) is 8.95 Å². The Labute approximate surface area is 160 Å². The van der Waals surface area contributed by atoms with Gasteiger partial charge >= 0.3 is 0 Å². The Hall–Kier alpha value is -0.100. The number of aryl methyl sites for hydroxylation is 3. The highest BCUT2D eigenvalue weighted by atomic mass is 79.9. The smallest absolute Gasteiger partial charge is 0.113 e. The molecule has 0 saturated carbocycles. The van der Waals surface area contributed by atoms with Gasteiger partial charge in [0.25, 0.3) is 0 Å². The topological polar surface area (TPSA) is 21.1 Å². The lowest BCUT2D eigenvalue weighted by molar-refractivity contribution is 0.248. The van der Waals surface area contributed by atoms with Crippen LogP contribution in [0.2, 0.25) is 0 Å². The maximum Gasteiger partial charge on any atom is 0.113 e. The van der Waals surface area contributed by atoms with Crippen LogP contribution in [-0.4, -0.2) is 34.6 Å². The molecule has 0 spiro atoms. The predicted molar refractivity (Wildman–Crippen MR) is 105 cm³/mol. The minimum Gasteiger partial charge on any atom is -0.327 e. The average Bonchev–Trinajstić information content (AvgIpc) is 2.92. The third-order valence-electron chi connectivity index (χ3n) is 5.32. The highest BCUT2D eigenvalue weighted by molar-refractivity contribution is 9.13. The van der Waals surface area contributed by atoms with E-state index >= 15 is 0 Å². The van der Waals surface area contributed by atoms with Gasteiger partial charge in [0.1, 0.15) is 5.82 Å². The second-order valence-electron chi connectivity index (χ2n) is 6.73. The van der Waals surface area contributed by atoms with Gasteiger partial charge in [-0.15, -0.1) is 12.4 Å². The van der Waals surface area contributed by atoms with Crippen LogP contribution in [0.5, 0.6) is 0 Å². The minimum absolute atomic E-state index is 0. The van der Waals surface area contributed by atoms with Crippen molar-refractivity contribution in [2.45, 2.75) is 45.1 Å². The molecule has 6 heteroatoms. The molecule has 1 aromatic heterocycles. The van der Waals surface area contributed by atoms with E-state index in [1.165, 1.54) is 69.3 Å². The van der Waals surface area contributed by atoms with Gasteiger partial charge < -0.3 is 9.47 Å². The van der Waals surface area contributed by atoms with Gasteiger partial charge in [0.15, 0.2) is 0 Å². The summed E-state index contributed by atoms with van der Waals surface area (Å²) >= 11 is 7.55. The quantitative estimate of drug-likeness (QED) is 0.590. The molecule has 1 aromatic carbocycles. The zero-order valence-electron chi connectivity index (χ0n) is 13.5. The molecule has 0 amide bonds. The summed E-state index contributed by atoms with van der Waals surface area (Å²) in [6.45, 7) is 5.68. The van der Waals surface area contributed by atoms with Crippen LogP contribution in [0.4, 0.5) is 0 Å². The first-order valence-electron chi connectivity index (χ1n) is 8.13. The van der Waals surface area contributed by atoms with Gasteiger partial charge in [-0.25, -0.2) is 4.98 Å². The summed E-state index contributed by atoms with van der Waals surface area (Å²) in [6, 6.07) is 0. The predicted octanol–water partition coefficient (Wildman–Crippen LogP) is 5.05. The lowest BCUT2D eigenvalue weighted by Gasteiger charge is -2.29. The fourth-order valence-electron chi connectivity index (χ4n) is 3.99. The van der Waals surface area contributed by atoms with Crippen molar-refractivity contribution < 1.29 is 0 Å². The number of piperidine rings is 1. The average molecular weight is 464 g/mol. The van der Waals surface area contributed by atoms with Gasteiger partial charge in [0.2, 0.25) is 0 Å². The molecule has 0 aliphatic carbocycles. The summed E-state index contributed by atoms with van der Waals surface area (Å²) in [6.07, 6.45) is 4.83. The zero-order chi connectivity index (χ0) is 15.4. The fraction of sp³-hybridized carbons (Fsp3) is 0.588. The first-order chi connectivity index (χ1) is 10.6. The van der Waals surface area contributed by atoms with Crippen LogP contribution in [-0.2, 0) is 13.0 Å². The number of nitrogens with zero attached hydrogens (tertiary/aromatic N) is 3. The highest BCUT2D eigenvalue weighted by Crippen LogP contribution is 2.42. The van der Waals surface area contributed by atoms with Crippen LogP contribution in [0.3, 0.4) is 0 Å². The molecule has 0 unspecified atom stereocenters. The van der Waals surface area contributed by atoms with Crippen molar-refractivity contribution in [1.82, 2.24) is 14.5 Å². The number of hydrogen-bond donors (Lipinski definition) is 0. The number of imidazole rings is 1. The van der Waals surface area contributed by atoms with Crippen molar-refractivity contribution in [1.29, 1.82) is 0 Å². The highest BCUT2D eigenvalue weighted by Gasteiger charge is 2.29. The van der Waals surface area contributed by atoms with Crippen molar-refractivity contribution in [3.63, 3.8) is 0 Å². The third kappa shape index (κ3) is 2.78. The molecule has 4 rings (SSSR count). The molecule has 2 aromatic rings. The molecule has 3 nitrogen and oxygen atoms in total. The Bertz CT molecular complexity index is 748. The standard InChI is InChI=1S/C17H21Br2N3.ClH/c1-10-13(18)14(19)12-4-3-7-22-16(12)15(10)20-17(22)11-5-8-21(2)9-6-11;/h11H,3-9H2,1-2H3;1H. The van der Waals surface area contributed by atoms with E-state index in [0.29, 0.717) is 5.92 Å². The Balaban J connectivity index is 0.00000156. The van der Waals surface area contributed by atoms with E-state index in [2.05, 4.69) is 55.3 Å². The van der Waals surface area contributed by atoms with E-state index in [4.69, 9.17) is 4.98 Å². The SMILES string of the molecule is Cc1c(Br)c(Br)c2c3c1nc(C1CCN(C)CC1)n3CCC2.Cl. The molecule has 0 atom stereocenters. The summed E-state index contributed by atoms with van der Waals surface area (Å²) in [5.41, 5.74) is 5.29. The van der Waals surface area contributed by atoms with E-state index in [9.17, 15) is 0 Å². The molecule has 0 radical (unpaired) electrons. The largest absolute Gasteiger partial charge is 0.327 e. The molecule has 2 aliphatic heterocycles. The Morgan fingerprint density at radius 2 is 1.78 bits per heavy atom. The lowest BCUT2D eigenvalue weighted by atomic mass is 9.96. The zero-order valence-corrected chi connectivity index (χ0v) is 17.5. The Kier molecular flexibility index (Phi) is 5.13. The molecule has 23 heavy (non-hydrogen) atoms. The number of likely N-dealkylation sites (tertiary alicyclic amines) is 1. The molecule has 0 bridgehead atoms. The molecular weight excluding hydrogens is 441 g/mol. The third-order valence-corrected chi connectivity index (χ3v) is 7.72. The van der Waals surface area contributed by atoms with E-state index in [-0.39, 0.29) is 12.4 Å². The van der Waals surface area contributed by atoms with Crippen LogP contribution < -0.4 is 0 Å². The molecule has 1 saturated heterocycles. The van der Waals surface area contributed by atoms with Crippen molar-refractivity contribution in [2.75, 3.05) is 20.1 Å². The first kappa shape index (κ1) is 17.7. The molecule has 126 valence electrons. The van der Waals surface area contributed by atoms with Crippen molar-refractivity contribution >= 4 is 55.3 Å². The van der Waals surface area contributed by atoms with Gasteiger partial charge in [-0.2, -0.15) is 0 Å². The van der Waals surface area contributed by atoms with Gasteiger partial charge in [-0.05, 0) is 95.7 Å². The minimum atomic E-state index is 0. The van der Waals surface area contributed by atoms with Crippen molar-refractivity contribution in [3.8, 4) is 0 Å². The molecule has 3 heterocycles. The molecular formula is C17H22Br2ClN3. The van der Waals surface area contributed by atoms with Crippen LogP contribution in [0.25, 0.3) is 11.0 Å². The van der Waals surface area contributed by atoms with Crippen molar-refractivity contribution in [2.24, 2.45) is 0 Å². The Morgan fingerprint density at radius 3 is 2.48 bits per heavy atom. The summed E-state index contributed by atoms with van der Waals surface area (Å²) < 4.78 is 4.93. The van der Waals surface area contributed by atoms with Gasteiger partial charge in [0, 0.05) is 21.4 Å². The first-order valence-corrected chi connectivity index (χ1v) is 9.71. The van der Waals surface area contributed by atoms with Crippen LogP contribution in [0, 0.1) is 6.92 Å². The van der Waals surface area contributed by atoms with E-state index in [0.717, 1.165) is 13.0 Å². The summed E-state index contributed by atoms with van der Waals surface area (Å²) in [4.78, 5) is 7.56. The van der Waals surface area contributed by atoms with E-state index < -0.39 is 0 Å². The fourth-order valence-corrected chi connectivity index (χ4v) is 5.10. The summed E-state index contributed by atoms with van der Waals surface area (Å²) in [7, 11) is 2.22. The molecule has 2 aliphatic rings. The van der Waals surface area contributed by atoms with Gasteiger partial charge in [-0.1, -0.05) is 0 Å². The number of aromatic nitrogens is 2. The summed E-state index contributed by atoms with van der Waals surface area (Å²) in [5, 5.41) is 0. The maximum atomic E-state index is 5.13. The second-order valence-corrected chi connectivity index (χ2v) is 8.32. The van der Waals surface area contributed by atoms with Crippen molar-refractivity contribution in [3.05, 3.63) is 25.9 Å². The lowest BCUT2D eigenvalue weighted by Crippen LogP contribution is -2.30. The molecule has 1 fully saturated rings. The van der Waals surface area contributed by atoms with E-state index in [1.54, 1.807) is 0 Å². The van der Waals surface area contributed by atoms with Crippen LogP contribution >= 0.6 is 44.3 Å². The number of rotatable bonds is 1. The van der Waals surface area contributed by atoms with Gasteiger partial charge in [-0.3, -0.25) is 0 Å². The van der Waals surface area contributed by atoms with Crippen LogP contribution in [0.1, 0.15) is 42.1 Å². The monoisotopic (exact) mass is 461 g/mol. The molecule has 0 N–H and O–H groups in total. The number of halogens is 3. The maximum absolute atomic E-state index is 5.13. The number of benzene rings is 1.